The molecule has 2 heterocycles. The van der Waals surface area contributed by atoms with Gasteiger partial charge in [0.2, 0.25) is 0 Å². The maximum absolute atomic E-state index is 12.9. The molecule has 5 heteroatoms. The van der Waals surface area contributed by atoms with Crippen molar-refractivity contribution in [1.29, 1.82) is 0 Å². The first-order chi connectivity index (χ1) is 13.6. The fourth-order valence-electron chi connectivity index (χ4n) is 3.56. The van der Waals surface area contributed by atoms with Gasteiger partial charge in [0.25, 0.3) is 5.56 Å². The summed E-state index contributed by atoms with van der Waals surface area (Å²) in [7, 11) is 1.79. The maximum Gasteiger partial charge on any atom is 0.261 e. The quantitative estimate of drug-likeness (QED) is 0.382. The van der Waals surface area contributed by atoms with E-state index in [1.807, 2.05) is 71.2 Å². The number of benzene rings is 3. The van der Waals surface area contributed by atoms with Crippen molar-refractivity contribution in [2.45, 2.75) is 0 Å². The number of hydrogen-bond donors (Lipinski definition) is 0. The minimum absolute atomic E-state index is 0.0252. The van der Waals surface area contributed by atoms with Crippen LogP contribution >= 0.6 is 15.9 Å². The fourth-order valence-corrected chi connectivity index (χ4v) is 3.96. The lowest BCUT2D eigenvalue weighted by molar-refractivity contribution is 0.850. The topological polar surface area (TPSA) is 39.3 Å². The Morgan fingerprint density at radius 3 is 2.36 bits per heavy atom. The Labute approximate surface area is 169 Å². The molecule has 3 aromatic carbocycles. The average molecular weight is 430 g/mol. The Balaban J connectivity index is 1.82. The molecular weight excluding hydrogens is 414 g/mol. The molecule has 136 valence electrons. The summed E-state index contributed by atoms with van der Waals surface area (Å²) in [4.78, 5) is 12.9. The lowest BCUT2D eigenvalue weighted by Gasteiger charge is -2.09. The van der Waals surface area contributed by atoms with E-state index in [0.29, 0.717) is 5.39 Å². The van der Waals surface area contributed by atoms with Crippen molar-refractivity contribution in [3.05, 3.63) is 93.7 Å². The molecule has 0 aliphatic carbocycles. The number of fused-ring (bicyclic) bond motifs is 3. The van der Waals surface area contributed by atoms with Gasteiger partial charge in [-0.05, 0) is 35.4 Å². The van der Waals surface area contributed by atoms with Crippen LogP contribution in [0, 0.1) is 0 Å². The Bertz CT molecular complexity index is 1400. The predicted molar refractivity (Wildman–Crippen MR) is 117 cm³/mol. The van der Waals surface area contributed by atoms with Crippen molar-refractivity contribution in [3.8, 4) is 22.4 Å². The molecule has 0 bridgehead atoms. The van der Waals surface area contributed by atoms with Crippen LogP contribution in [0.3, 0.4) is 0 Å². The highest BCUT2D eigenvalue weighted by Crippen LogP contribution is 2.27. The van der Waals surface area contributed by atoms with Crippen LogP contribution in [0.2, 0.25) is 0 Å². The van der Waals surface area contributed by atoms with E-state index in [0.717, 1.165) is 38.0 Å². The van der Waals surface area contributed by atoms with Crippen LogP contribution in [0.15, 0.2) is 88.1 Å². The van der Waals surface area contributed by atoms with Gasteiger partial charge in [-0.15, -0.1) is 0 Å². The van der Waals surface area contributed by atoms with Crippen molar-refractivity contribution >= 4 is 32.5 Å². The third-order valence-electron chi connectivity index (χ3n) is 5.02. The SMILES string of the molecule is Cn1c(=O)c2ccc(-c3cccc(Br)c3)cc2n2nc(-c3ccccc3)cc12. The van der Waals surface area contributed by atoms with Crippen molar-refractivity contribution in [2.75, 3.05) is 0 Å². The zero-order valence-corrected chi connectivity index (χ0v) is 16.7. The van der Waals surface area contributed by atoms with E-state index in [1.54, 1.807) is 11.6 Å². The Morgan fingerprint density at radius 2 is 1.57 bits per heavy atom. The van der Waals surface area contributed by atoms with Crippen LogP contribution in [-0.2, 0) is 7.05 Å². The van der Waals surface area contributed by atoms with Crippen molar-refractivity contribution in [3.63, 3.8) is 0 Å². The first-order valence-electron chi connectivity index (χ1n) is 8.96. The average Bonchev–Trinajstić information content (AvgIpc) is 3.18. The van der Waals surface area contributed by atoms with E-state index in [-0.39, 0.29) is 5.56 Å². The number of aryl methyl sites for hydroxylation is 1. The van der Waals surface area contributed by atoms with Crippen LogP contribution in [0.1, 0.15) is 0 Å². The van der Waals surface area contributed by atoms with Gasteiger partial charge >= 0.3 is 0 Å². The molecule has 0 aliphatic heterocycles. The molecule has 0 fully saturated rings. The summed E-state index contributed by atoms with van der Waals surface area (Å²) < 4.78 is 4.53. The minimum Gasteiger partial charge on any atom is -0.296 e. The van der Waals surface area contributed by atoms with E-state index >= 15 is 0 Å². The van der Waals surface area contributed by atoms with E-state index in [1.165, 1.54) is 0 Å². The van der Waals surface area contributed by atoms with Gasteiger partial charge < -0.3 is 0 Å². The predicted octanol–water partition coefficient (Wildman–Crippen LogP) is 5.28. The van der Waals surface area contributed by atoms with Gasteiger partial charge in [0.1, 0.15) is 5.65 Å². The first-order valence-corrected chi connectivity index (χ1v) is 9.75. The molecule has 0 N–H and O–H groups in total. The molecule has 0 saturated heterocycles. The molecule has 5 aromatic rings. The van der Waals surface area contributed by atoms with E-state index in [9.17, 15) is 4.79 Å². The summed E-state index contributed by atoms with van der Waals surface area (Å²) in [5.74, 6) is 0. The van der Waals surface area contributed by atoms with Crippen LogP contribution in [0.5, 0.6) is 0 Å². The second-order valence-corrected chi connectivity index (χ2v) is 7.69. The first kappa shape index (κ1) is 17.0. The molecular formula is C23H16BrN3O. The number of rotatable bonds is 2. The summed E-state index contributed by atoms with van der Waals surface area (Å²) in [6.45, 7) is 0. The summed E-state index contributed by atoms with van der Waals surface area (Å²) in [6, 6.07) is 26.0. The molecule has 0 amide bonds. The highest BCUT2D eigenvalue weighted by atomic mass is 79.9. The molecule has 2 aromatic heterocycles. The third kappa shape index (κ3) is 2.67. The van der Waals surface area contributed by atoms with Crippen LogP contribution in [0.25, 0.3) is 38.9 Å². The Morgan fingerprint density at radius 1 is 0.821 bits per heavy atom. The van der Waals surface area contributed by atoms with Gasteiger partial charge in [0.15, 0.2) is 0 Å². The van der Waals surface area contributed by atoms with E-state index in [4.69, 9.17) is 5.10 Å². The summed E-state index contributed by atoms with van der Waals surface area (Å²) in [5.41, 5.74) is 5.54. The smallest absolute Gasteiger partial charge is 0.261 e. The number of nitrogens with zero attached hydrogens (tertiary/aromatic N) is 3. The van der Waals surface area contributed by atoms with Crippen molar-refractivity contribution in [1.82, 2.24) is 14.2 Å². The number of aromatic nitrogens is 3. The van der Waals surface area contributed by atoms with Crippen LogP contribution in [0.4, 0.5) is 0 Å². The fraction of sp³-hybridized carbons (Fsp3) is 0.0435. The molecule has 0 aliphatic rings. The normalized spacial score (nSPS) is 11.4. The summed E-state index contributed by atoms with van der Waals surface area (Å²) in [6.07, 6.45) is 0. The number of hydrogen-bond acceptors (Lipinski definition) is 2. The Kier molecular flexibility index (Phi) is 3.91. The van der Waals surface area contributed by atoms with Crippen molar-refractivity contribution in [2.24, 2.45) is 7.05 Å². The zero-order valence-electron chi connectivity index (χ0n) is 15.1. The molecule has 0 saturated carbocycles. The van der Waals surface area contributed by atoms with Gasteiger partial charge in [0.05, 0.1) is 16.6 Å². The van der Waals surface area contributed by atoms with Crippen molar-refractivity contribution < 1.29 is 0 Å². The summed E-state index contributed by atoms with van der Waals surface area (Å²) in [5, 5.41) is 5.46. The molecule has 0 unspecified atom stereocenters. The highest BCUT2D eigenvalue weighted by Gasteiger charge is 2.13. The Hall–Kier alpha value is -3.18. The molecule has 0 atom stereocenters. The molecule has 5 rings (SSSR count). The summed E-state index contributed by atoms with van der Waals surface area (Å²) >= 11 is 3.53. The minimum atomic E-state index is -0.0252. The van der Waals surface area contributed by atoms with Gasteiger partial charge in [-0.3, -0.25) is 9.36 Å². The van der Waals surface area contributed by atoms with Gasteiger partial charge in [0, 0.05) is 23.2 Å². The second-order valence-electron chi connectivity index (χ2n) is 6.77. The zero-order chi connectivity index (χ0) is 19.3. The van der Waals surface area contributed by atoms with E-state index < -0.39 is 0 Å². The standard InChI is InChI=1S/C23H16BrN3O/c1-26-22-14-20(15-6-3-2-4-7-15)25-27(22)21-13-17(10-11-19(21)23(26)28)16-8-5-9-18(24)12-16/h2-14H,1H3. The molecule has 0 radical (unpaired) electrons. The monoisotopic (exact) mass is 429 g/mol. The third-order valence-corrected chi connectivity index (χ3v) is 5.52. The van der Waals surface area contributed by atoms with Crippen LogP contribution in [-0.4, -0.2) is 14.2 Å². The van der Waals surface area contributed by atoms with Gasteiger partial charge in [-0.25, -0.2) is 4.52 Å². The molecule has 4 nitrogen and oxygen atoms in total. The van der Waals surface area contributed by atoms with E-state index in [2.05, 4.69) is 28.1 Å². The van der Waals surface area contributed by atoms with Crippen LogP contribution < -0.4 is 5.56 Å². The largest absolute Gasteiger partial charge is 0.296 e. The lowest BCUT2D eigenvalue weighted by Crippen LogP contribution is -2.19. The highest BCUT2D eigenvalue weighted by molar-refractivity contribution is 9.10. The molecule has 28 heavy (non-hydrogen) atoms. The van der Waals surface area contributed by atoms with Gasteiger partial charge in [-0.1, -0.05) is 64.5 Å². The molecule has 0 spiro atoms. The lowest BCUT2D eigenvalue weighted by atomic mass is 10.0. The van der Waals surface area contributed by atoms with Gasteiger partial charge in [-0.2, -0.15) is 5.10 Å². The maximum atomic E-state index is 12.9. The number of halogens is 1. The second kappa shape index (κ2) is 6.46.